The first-order chi connectivity index (χ1) is 11.5. The number of fused-ring (bicyclic) bond motifs is 3. The molecule has 7 heteroatoms. The molecule has 0 amide bonds. The van der Waals surface area contributed by atoms with E-state index in [1.807, 2.05) is 12.1 Å². The van der Waals surface area contributed by atoms with Gasteiger partial charge in [0, 0.05) is 24.4 Å². The van der Waals surface area contributed by atoms with Crippen molar-refractivity contribution in [3.05, 3.63) is 63.5 Å². The Morgan fingerprint density at radius 2 is 2.17 bits per heavy atom. The number of nitrogens with one attached hydrogen (secondary N) is 1. The molecule has 0 fully saturated rings. The van der Waals surface area contributed by atoms with E-state index >= 15 is 0 Å². The number of aromatic nitrogens is 1. The van der Waals surface area contributed by atoms with Crippen molar-refractivity contribution >= 4 is 23.3 Å². The van der Waals surface area contributed by atoms with Gasteiger partial charge >= 0.3 is 0 Å². The number of nitro benzene ring substituents is 1. The fraction of sp³-hybridized carbons (Fsp3) is 0.235. The lowest BCUT2D eigenvalue weighted by molar-refractivity contribution is -0.384. The van der Waals surface area contributed by atoms with Gasteiger partial charge in [-0.15, -0.1) is 0 Å². The molecule has 0 spiro atoms. The number of non-ortho nitro benzene ring substituents is 1. The van der Waals surface area contributed by atoms with Gasteiger partial charge in [-0.05, 0) is 37.6 Å². The van der Waals surface area contributed by atoms with Gasteiger partial charge in [-0.1, -0.05) is 12.1 Å². The number of aryl methyl sites for hydroxylation is 1. The molecule has 7 nitrogen and oxygen atoms in total. The van der Waals surface area contributed by atoms with Crippen molar-refractivity contribution in [2.75, 3.05) is 4.90 Å². The quantitative estimate of drug-likeness (QED) is 0.696. The maximum absolute atomic E-state index is 11.0. The van der Waals surface area contributed by atoms with E-state index in [-0.39, 0.29) is 16.8 Å². The minimum atomic E-state index is -0.359. The first kappa shape index (κ1) is 14.5. The molecule has 122 valence electrons. The molecule has 0 saturated carbocycles. The zero-order chi connectivity index (χ0) is 16.8. The van der Waals surface area contributed by atoms with Gasteiger partial charge in [0.05, 0.1) is 16.3 Å². The second-order valence-electron chi connectivity index (χ2n) is 6.05. The van der Waals surface area contributed by atoms with Crippen molar-refractivity contribution in [1.82, 2.24) is 9.99 Å². The summed E-state index contributed by atoms with van der Waals surface area (Å²) in [5.41, 5.74) is 7.41. The summed E-state index contributed by atoms with van der Waals surface area (Å²) in [6, 6.07) is 8.92. The Morgan fingerprint density at radius 3 is 2.96 bits per heavy atom. The molecule has 0 radical (unpaired) electrons. The number of anilines is 1. The molecule has 4 rings (SSSR count). The number of nitro groups is 1. The summed E-state index contributed by atoms with van der Waals surface area (Å²) in [7, 11) is 0. The Labute approximate surface area is 139 Å². The van der Waals surface area contributed by atoms with Crippen molar-refractivity contribution in [3.8, 4) is 0 Å². The average Bonchev–Trinajstić information content (AvgIpc) is 3.09. The highest BCUT2D eigenvalue weighted by molar-refractivity contribution is 6.13. The van der Waals surface area contributed by atoms with E-state index in [9.17, 15) is 10.1 Å². The lowest BCUT2D eigenvalue weighted by Crippen LogP contribution is -2.38. The minimum Gasteiger partial charge on any atom is -0.339 e. The largest absolute Gasteiger partial charge is 0.339 e. The predicted molar refractivity (Wildman–Crippen MR) is 92.9 cm³/mol. The summed E-state index contributed by atoms with van der Waals surface area (Å²) in [4.78, 5) is 12.8. The van der Waals surface area contributed by atoms with E-state index in [4.69, 9.17) is 0 Å². The van der Waals surface area contributed by atoms with E-state index in [2.05, 4.69) is 46.0 Å². The summed E-state index contributed by atoms with van der Waals surface area (Å²) in [5.74, 6) is 0.905. The standard InChI is InChI=1S/C17H17N5O2/c1-11-8-16-15(6-7-17-19-18-12(2)21(16)17)20(11)10-13-4-3-5-14(9-13)22(23)24/h3-9,12,18H,10H2,1-2H3. The van der Waals surface area contributed by atoms with Crippen LogP contribution in [0.25, 0.3) is 6.08 Å². The van der Waals surface area contributed by atoms with E-state index in [1.54, 1.807) is 12.1 Å². The topological polar surface area (TPSA) is 75.7 Å². The van der Waals surface area contributed by atoms with Crippen molar-refractivity contribution < 1.29 is 4.92 Å². The lowest BCUT2D eigenvalue weighted by atomic mass is 10.1. The van der Waals surface area contributed by atoms with Crippen LogP contribution in [0.1, 0.15) is 23.9 Å². The van der Waals surface area contributed by atoms with Crippen LogP contribution >= 0.6 is 0 Å². The maximum Gasteiger partial charge on any atom is 0.269 e. The molecule has 3 heterocycles. The fourth-order valence-electron chi connectivity index (χ4n) is 3.28. The third kappa shape index (κ3) is 2.17. The Bertz CT molecular complexity index is 896. The van der Waals surface area contributed by atoms with Crippen molar-refractivity contribution in [2.24, 2.45) is 5.10 Å². The maximum atomic E-state index is 11.0. The first-order valence-corrected chi connectivity index (χ1v) is 7.78. The lowest BCUT2D eigenvalue weighted by Gasteiger charge is -2.26. The molecule has 2 aliphatic rings. The summed E-state index contributed by atoms with van der Waals surface area (Å²) >= 11 is 0. The predicted octanol–water partition coefficient (Wildman–Crippen LogP) is 2.85. The van der Waals surface area contributed by atoms with Gasteiger partial charge in [0.15, 0.2) is 5.84 Å². The molecule has 1 aromatic carbocycles. The molecule has 1 aromatic heterocycles. The van der Waals surface area contributed by atoms with Gasteiger partial charge in [-0.3, -0.25) is 15.5 Å². The van der Waals surface area contributed by atoms with Crippen molar-refractivity contribution in [2.45, 2.75) is 26.6 Å². The first-order valence-electron chi connectivity index (χ1n) is 7.78. The number of hydrogen-bond acceptors (Lipinski definition) is 5. The Balaban J connectivity index is 1.73. The zero-order valence-corrected chi connectivity index (χ0v) is 13.4. The Hall–Kier alpha value is -3.09. The summed E-state index contributed by atoms with van der Waals surface area (Å²) in [6.45, 7) is 4.70. The molecule has 0 saturated heterocycles. The number of nitrogens with zero attached hydrogens (tertiary/aromatic N) is 4. The highest BCUT2D eigenvalue weighted by atomic mass is 16.6. The van der Waals surface area contributed by atoms with Gasteiger partial charge in [0.1, 0.15) is 6.17 Å². The Morgan fingerprint density at radius 1 is 1.33 bits per heavy atom. The summed E-state index contributed by atoms with van der Waals surface area (Å²) in [6.07, 6.45) is 4.15. The molecule has 2 aliphatic heterocycles. The number of amidine groups is 1. The van der Waals surface area contributed by atoms with Crippen LogP contribution in [0, 0.1) is 17.0 Å². The third-order valence-corrected chi connectivity index (χ3v) is 4.44. The monoisotopic (exact) mass is 323 g/mol. The second kappa shape index (κ2) is 5.23. The highest BCUT2D eigenvalue weighted by Gasteiger charge is 2.30. The number of hydrazone groups is 1. The molecule has 0 bridgehead atoms. The SMILES string of the molecule is Cc1cc2c(n1Cc1cccc([N+](=O)[O-])c1)C=CC1=NNC(C)N12. The van der Waals surface area contributed by atoms with Crippen LogP contribution in [0.4, 0.5) is 11.4 Å². The van der Waals surface area contributed by atoms with Crippen molar-refractivity contribution in [1.29, 1.82) is 0 Å². The van der Waals surface area contributed by atoms with Crippen molar-refractivity contribution in [3.63, 3.8) is 0 Å². The van der Waals surface area contributed by atoms with Crippen LogP contribution in [0.15, 0.2) is 41.5 Å². The molecule has 2 aromatic rings. The normalized spacial score (nSPS) is 18.0. The van der Waals surface area contributed by atoms with Gasteiger partial charge in [0.2, 0.25) is 0 Å². The minimum absolute atomic E-state index is 0.108. The molecule has 0 aliphatic carbocycles. The fourth-order valence-corrected chi connectivity index (χ4v) is 3.28. The second-order valence-corrected chi connectivity index (χ2v) is 6.05. The van der Waals surface area contributed by atoms with Crippen LogP contribution in [-0.2, 0) is 6.54 Å². The third-order valence-electron chi connectivity index (χ3n) is 4.44. The van der Waals surface area contributed by atoms with Gasteiger partial charge in [-0.2, -0.15) is 5.10 Å². The van der Waals surface area contributed by atoms with Crippen LogP contribution in [0.3, 0.4) is 0 Å². The number of rotatable bonds is 3. The van der Waals surface area contributed by atoms with Crippen LogP contribution in [0.5, 0.6) is 0 Å². The van der Waals surface area contributed by atoms with E-state index in [1.165, 1.54) is 6.07 Å². The number of hydrogen-bond donors (Lipinski definition) is 1. The van der Waals surface area contributed by atoms with E-state index in [0.717, 1.165) is 28.5 Å². The van der Waals surface area contributed by atoms with Crippen LogP contribution in [-0.4, -0.2) is 21.5 Å². The number of benzene rings is 1. The Kier molecular flexibility index (Phi) is 3.16. The molecule has 1 unspecified atom stereocenters. The highest BCUT2D eigenvalue weighted by Crippen LogP contribution is 2.33. The zero-order valence-electron chi connectivity index (χ0n) is 13.4. The van der Waals surface area contributed by atoms with Gasteiger partial charge in [-0.25, -0.2) is 0 Å². The van der Waals surface area contributed by atoms with Crippen LogP contribution < -0.4 is 10.3 Å². The molecule has 1 N–H and O–H groups in total. The molecular weight excluding hydrogens is 306 g/mol. The van der Waals surface area contributed by atoms with Gasteiger partial charge in [0.25, 0.3) is 5.69 Å². The van der Waals surface area contributed by atoms with Crippen LogP contribution in [0.2, 0.25) is 0 Å². The van der Waals surface area contributed by atoms with Gasteiger partial charge < -0.3 is 9.47 Å². The smallest absolute Gasteiger partial charge is 0.269 e. The van der Waals surface area contributed by atoms with E-state index < -0.39 is 0 Å². The van der Waals surface area contributed by atoms with E-state index in [0.29, 0.717) is 6.54 Å². The molecular formula is C17H17N5O2. The summed E-state index contributed by atoms with van der Waals surface area (Å²) in [5, 5.41) is 15.3. The summed E-state index contributed by atoms with van der Waals surface area (Å²) < 4.78 is 2.17. The molecule has 1 atom stereocenters. The average molecular weight is 323 g/mol. The molecule has 24 heavy (non-hydrogen) atoms.